The Labute approximate surface area is 148 Å². The molecule has 1 N–H and O–H groups in total. The van der Waals surface area contributed by atoms with Crippen molar-refractivity contribution in [3.8, 4) is 11.5 Å². The molecule has 2 rings (SSSR count). The maximum absolute atomic E-state index is 12.5. The Bertz CT molecular complexity index is 664. The van der Waals surface area contributed by atoms with Crippen molar-refractivity contribution >= 4 is 0 Å². The molecular formula is C20H25F2NO2. The third-order valence-electron chi connectivity index (χ3n) is 4.21. The van der Waals surface area contributed by atoms with Gasteiger partial charge in [0.15, 0.2) is 0 Å². The van der Waals surface area contributed by atoms with Crippen molar-refractivity contribution in [1.82, 2.24) is 5.32 Å². The van der Waals surface area contributed by atoms with Gasteiger partial charge in [-0.2, -0.15) is 8.78 Å². The summed E-state index contributed by atoms with van der Waals surface area (Å²) in [6.07, 6.45) is 0.941. The van der Waals surface area contributed by atoms with Gasteiger partial charge < -0.3 is 14.8 Å². The Morgan fingerprint density at radius 3 is 2.12 bits per heavy atom. The fourth-order valence-electron chi connectivity index (χ4n) is 2.99. The van der Waals surface area contributed by atoms with Crippen molar-refractivity contribution in [2.75, 3.05) is 7.11 Å². The van der Waals surface area contributed by atoms with Gasteiger partial charge in [-0.15, -0.1) is 0 Å². The predicted octanol–water partition coefficient (Wildman–Crippen LogP) is 5.15. The van der Waals surface area contributed by atoms with Gasteiger partial charge in [0, 0.05) is 12.6 Å². The van der Waals surface area contributed by atoms with Crippen LogP contribution in [0.2, 0.25) is 0 Å². The minimum Gasteiger partial charge on any atom is -0.497 e. The molecule has 0 saturated carbocycles. The maximum atomic E-state index is 12.5. The molecule has 0 heterocycles. The summed E-state index contributed by atoms with van der Waals surface area (Å²) in [4.78, 5) is 0. The van der Waals surface area contributed by atoms with Crippen LogP contribution in [-0.2, 0) is 6.54 Å². The Balaban J connectivity index is 2.08. The summed E-state index contributed by atoms with van der Waals surface area (Å²) in [7, 11) is 1.65. The van der Waals surface area contributed by atoms with Crippen LogP contribution in [0, 0.1) is 13.8 Å². The highest BCUT2D eigenvalue weighted by molar-refractivity contribution is 5.43. The largest absolute Gasteiger partial charge is 0.497 e. The Kier molecular flexibility index (Phi) is 6.76. The van der Waals surface area contributed by atoms with Crippen LogP contribution in [0.15, 0.2) is 36.4 Å². The number of alkyl halides is 2. The lowest BCUT2D eigenvalue weighted by Crippen LogP contribution is -2.20. The van der Waals surface area contributed by atoms with Crippen molar-refractivity contribution in [2.45, 2.75) is 46.4 Å². The number of hydrogen-bond donors (Lipinski definition) is 1. The van der Waals surface area contributed by atoms with Gasteiger partial charge in [-0.05, 0) is 54.7 Å². The summed E-state index contributed by atoms with van der Waals surface area (Å²) in [6, 6.07) is 12.0. The molecule has 1 atom stereocenters. The third kappa shape index (κ3) is 5.16. The summed E-state index contributed by atoms with van der Waals surface area (Å²) in [5.41, 5.74) is 3.67. The molecule has 0 unspecified atom stereocenters. The molecule has 0 aliphatic heterocycles. The molecule has 3 nitrogen and oxygen atoms in total. The summed E-state index contributed by atoms with van der Waals surface area (Å²) in [6.45, 7) is 3.55. The minimum atomic E-state index is -2.80. The van der Waals surface area contributed by atoms with Crippen LogP contribution in [-0.4, -0.2) is 13.7 Å². The fraction of sp³-hybridized carbons (Fsp3) is 0.400. The molecular weight excluding hydrogens is 324 g/mol. The number of benzene rings is 2. The smallest absolute Gasteiger partial charge is 0.387 e. The van der Waals surface area contributed by atoms with Crippen LogP contribution in [0.25, 0.3) is 0 Å². The molecule has 0 saturated heterocycles. The first-order chi connectivity index (χ1) is 11.9. The van der Waals surface area contributed by atoms with E-state index in [-0.39, 0.29) is 11.8 Å². The topological polar surface area (TPSA) is 30.5 Å². The third-order valence-corrected chi connectivity index (χ3v) is 4.21. The molecule has 0 radical (unpaired) electrons. The molecule has 0 aliphatic rings. The lowest BCUT2D eigenvalue weighted by molar-refractivity contribution is -0.0507. The fourth-order valence-corrected chi connectivity index (χ4v) is 2.99. The van der Waals surface area contributed by atoms with Crippen molar-refractivity contribution in [1.29, 1.82) is 0 Å². The van der Waals surface area contributed by atoms with Crippen LogP contribution in [0.4, 0.5) is 8.78 Å². The summed E-state index contributed by atoms with van der Waals surface area (Å²) >= 11 is 0. The van der Waals surface area contributed by atoms with E-state index in [2.05, 4.69) is 29.1 Å². The zero-order chi connectivity index (χ0) is 18.4. The lowest BCUT2D eigenvalue weighted by atomic mass is 10.0. The highest BCUT2D eigenvalue weighted by Crippen LogP contribution is 2.27. The average molecular weight is 349 g/mol. The molecule has 0 fully saturated rings. The number of methoxy groups -OCH3 is 1. The van der Waals surface area contributed by atoms with Gasteiger partial charge in [0.25, 0.3) is 0 Å². The molecule has 5 heteroatoms. The first kappa shape index (κ1) is 19.2. The number of aryl methyl sites for hydroxylation is 2. The van der Waals surface area contributed by atoms with Crippen molar-refractivity contribution in [2.24, 2.45) is 0 Å². The number of ether oxygens (including phenoxy) is 2. The zero-order valence-corrected chi connectivity index (χ0v) is 15.1. The second-order valence-electron chi connectivity index (χ2n) is 6.05. The number of nitrogens with one attached hydrogen (secondary N) is 1. The average Bonchev–Trinajstić information content (AvgIpc) is 2.59. The zero-order valence-electron chi connectivity index (χ0n) is 15.1. The van der Waals surface area contributed by atoms with Gasteiger partial charge in [0.1, 0.15) is 11.5 Å². The number of rotatable bonds is 8. The molecule has 0 spiro atoms. The Morgan fingerprint density at radius 1 is 1.04 bits per heavy atom. The van der Waals surface area contributed by atoms with Gasteiger partial charge in [-0.3, -0.25) is 0 Å². The first-order valence-corrected chi connectivity index (χ1v) is 8.36. The molecule has 0 amide bonds. The van der Waals surface area contributed by atoms with Crippen molar-refractivity contribution < 1.29 is 18.3 Å². The highest BCUT2D eigenvalue weighted by atomic mass is 19.3. The van der Waals surface area contributed by atoms with Crippen molar-refractivity contribution in [3.63, 3.8) is 0 Å². The quantitative estimate of drug-likeness (QED) is 0.714. The van der Waals surface area contributed by atoms with Crippen LogP contribution in [0.1, 0.15) is 41.6 Å². The molecule has 25 heavy (non-hydrogen) atoms. The summed E-state index contributed by atoms with van der Waals surface area (Å²) in [5, 5.41) is 3.52. The van der Waals surface area contributed by atoms with E-state index in [0.717, 1.165) is 28.9 Å². The molecule has 0 bridgehead atoms. The Morgan fingerprint density at radius 2 is 1.64 bits per heavy atom. The van der Waals surface area contributed by atoms with Crippen LogP contribution < -0.4 is 14.8 Å². The van der Waals surface area contributed by atoms with Gasteiger partial charge in [-0.1, -0.05) is 31.2 Å². The van der Waals surface area contributed by atoms with Crippen molar-refractivity contribution in [3.05, 3.63) is 58.7 Å². The number of hydrogen-bond acceptors (Lipinski definition) is 3. The van der Waals surface area contributed by atoms with E-state index < -0.39 is 6.61 Å². The second kappa shape index (κ2) is 8.81. The van der Waals surface area contributed by atoms with Gasteiger partial charge in [-0.25, -0.2) is 0 Å². The minimum absolute atomic E-state index is 0.212. The molecule has 136 valence electrons. The number of halogens is 2. The van der Waals surface area contributed by atoms with E-state index in [1.165, 1.54) is 5.56 Å². The van der Waals surface area contributed by atoms with E-state index in [4.69, 9.17) is 4.74 Å². The highest BCUT2D eigenvalue weighted by Gasteiger charge is 2.13. The lowest BCUT2D eigenvalue weighted by Gasteiger charge is -2.19. The van der Waals surface area contributed by atoms with Gasteiger partial charge >= 0.3 is 6.61 Å². The maximum Gasteiger partial charge on any atom is 0.387 e. The molecule has 2 aromatic carbocycles. The molecule has 0 aromatic heterocycles. The monoisotopic (exact) mass is 349 g/mol. The normalized spacial score (nSPS) is 12.3. The van der Waals surface area contributed by atoms with Gasteiger partial charge in [0.2, 0.25) is 0 Å². The first-order valence-electron chi connectivity index (χ1n) is 8.36. The summed E-state index contributed by atoms with van der Waals surface area (Å²) in [5.74, 6) is 1.10. The standard InChI is InChI=1S/C20H25F2NO2/c1-5-18(16-6-8-17(24-4)9-7-16)23-12-15-10-13(2)19(14(3)11-15)25-20(21)22/h6-11,18,20,23H,5,12H2,1-4H3/t18-/m1/s1. The second-order valence-corrected chi connectivity index (χ2v) is 6.05. The van der Waals surface area contributed by atoms with Crippen LogP contribution >= 0.6 is 0 Å². The SMILES string of the molecule is CC[C@@H](NCc1cc(C)c(OC(F)F)c(C)c1)c1ccc(OC)cc1. The predicted molar refractivity (Wildman–Crippen MR) is 95.4 cm³/mol. The Hall–Kier alpha value is -2.14. The summed E-state index contributed by atoms with van der Waals surface area (Å²) < 4.78 is 34.8. The van der Waals surface area contributed by atoms with Crippen LogP contribution in [0.3, 0.4) is 0 Å². The van der Waals surface area contributed by atoms with Crippen LogP contribution in [0.5, 0.6) is 11.5 Å². The van der Waals surface area contributed by atoms with E-state index in [1.807, 2.05) is 24.3 Å². The van der Waals surface area contributed by atoms with E-state index in [9.17, 15) is 8.78 Å². The van der Waals surface area contributed by atoms with Gasteiger partial charge in [0.05, 0.1) is 7.11 Å². The van der Waals surface area contributed by atoms with E-state index in [1.54, 1.807) is 21.0 Å². The molecule has 0 aliphatic carbocycles. The molecule has 2 aromatic rings. The van der Waals surface area contributed by atoms with E-state index >= 15 is 0 Å². The van der Waals surface area contributed by atoms with E-state index in [0.29, 0.717) is 6.54 Å².